The SMILES string of the molecule is FC(F)(F)c1cc(Sc2ncccn2)nc(Cl)n1. The van der Waals surface area contributed by atoms with Crippen LogP contribution in [0, 0.1) is 0 Å². The van der Waals surface area contributed by atoms with Gasteiger partial charge in [0.15, 0.2) is 10.9 Å². The zero-order valence-electron chi connectivity index (χ0n) is 8.52. The topological polar surface area (TPSA) is 51.6 Å². The zero-order chi connectivity index (χ0) is 13.2. The van der Waals surface area contributed by atoms with Gasteiger partial charge in [-0.3, -0.25) is 0 Å². The molecule has 2 aromatic rings. The summed E-state index contributed by atoms with van der Waals surface area (Å²) in [7, 11) is 0. The highest BCUT2D eigenvalue weighted by atomic mass is 35.5. The van der Waals surface area contributed by atoms with Gasteiger partial charge < -0.3 is 0 Å². The van der Waals surface area contributed by atoms with Gasteiger partial charge in [0.25, 0.3) is 0 Å². The van der Waals surface area contributed by atoms with Gasteiger partial charge in [0, 0.05) is 18.5 Å². The average Bonchev–Trinajstić information content (AvgIpc) is 2.28. The van der Waals surface area contributed by atoms with Crippen molar-refractivity contribution in [2.75, 3.05) is 0 Å². The van der Waals surface area contributed by atoms with E-state index in [0.717, 1.165) is 17.8 Å². The van der Waals surface area contributed by atoms with Crippen LogP contribution in [0.5, 0.6) is 0 Å². The van der Waals surface area contributed by atoms with Crippen molar-refractivity contribution in [1.82, 2.24) is 19.9 Å². The van der Waals surface area contributed by atoms with Gasteiger partial charge in [-0.05, 0) is 29.4 Å². The fourth-order valence-corrected chi connectivity index (χ4v) is 1.98. The number of aromatic nitrogens is 4. The summed E-state index contributed by atoms with van der Waals surface area (Å²) in [6, 6.07) is 2.39. The molecule has 0 spiro atoms. The number of hydrogen-bond donors (Lipinski definition) is 0. The largest absolute Gasteiger partial charge is 0.433 e. The van der Waals surface area contributed by atoms with Crippen LogP contribution in [0.3, 0.4) is 0 Å². The lowest BCUT2D eigenvalue weighted by Crippen LogP contribution is -2.09. The molecule has 0 unspecified atom stereocenters. The van der Waals surface area contributed by atoms with E-state index in [1.54, 1.807) is 6.07 Å². The Kier molecular flexibility index (Phi) is 3.67. The molecular formula is C9H4ClF3N4S. The van der Waals surface area contributed by atoms with Crippen LogP contribution in [0.2, 0.25) is 5.28 Å². The van der Waals surface area contributed by atoms with Gasteiger partial charge in [0.05, 0.1) is 0 Å². The summed E-state index contributed by atoms with van der Waals surface area (Å²) < 4.78 is 37.5. The smallest absolute Gasteiger partial charge is 0.231 e. The maximum absolute atomic E-state index is 12.5. The molecule has 0 fully saturated rings. The Balaban J connectivity index is 2.32. The highest BCUT2D eigenvalue weighted by Crippen LogP contribution is 2.32. The third-order valence-electron chi connectivity index (χ3n) is 1.70. The lowest BCUT2D eigenvalue weighted by atomic mass is 10.4. The molecule has 0 aromatic carbocycles. The normalized spacial score (nSPS) is 11.6. The second-order valence-electron chi connectivity index (χ2n) is 2.99. The van der Waals surface area contributed by atoms with Crippen molar-refractivity contribution >= 4 is 23.4 Å². The minimum atomic E-state index is -4.57. The molecule has 0 atom stereocenters. The van der Waals surface area contributed by atoms with Crippen molar-refractivity contribution in [3.8, 4) is 0 Å². The van der Waals surface area contributed by atoms with E-state index in [-0.39, 0.29) is 10.2 Å². The van der Waals surface area contributed by atoms with Crippen molar-refractivity contribution in [2.45, 2.75) is 16.4 Å². The Bertz CT molecular complexity index is 549. The van der Waals surface area contributed by atoms with Gasteiger partial charge >= 0.3 is 6.18 Å². The Morgan fingerprint density at radius 3 is 2.39 bits per heavy atom. The van der Waals surface area contributed by atoms with E-state index < -0.39 is 17.2 Å². The minimum absolute atomic E-state index is 0.0357. The van der Waals surface area contributed by atoms with Gasteiger partial charge in [-0.2, -0.15) is 13.2 Å². The van der Waals surface area contributed by atoms with Crippen molar-refractivity contribution in [2.24, 2.45) is 0 Å². The molecule has 0 aliphatic carbocycles. The molecule has 94 valence electrons. The molecule has 2 aromatic heterocycles. The van der Waals surface area contributed by atoms with Crippen molar-refractivity contribution in [3.05, 3.63) is 35.5 Å². The van der Waals surface area contributed by atoms with Crippen LogP contribution in [0.15, 0.2) is 34.7 Å². The van der Waals surface area contributed by atoms with Gasteiger partial charge in [-0.15, -0.1) is 0 Å². The van der Waals surface area contributed by atoms with Crippen LogP contribution >= 0.6 is 23.4 Å². The number of hydrogen-bond acceptors (Lipinski definition) is 5. The number of alkyl halides is 3. The molecule has 0 radical (unpaired) electrons. The van der Waals surface area contributed by atoms with Crippen LogP contribution in [-0.2, 0) is 6.18 Å². The maximum Gasteiger partial charge on any atom is 0.433 e. The summed E-state index contributed by atoms with van der Waals surface area (Å²) >= 11 is 6.32. The van der Waals surface area contributed by atoms with Gasteiger partial charge in [-0.1, -0.05) is 0 Å². The van der Waals surface area contributed by atoms with Crippen LogP contribution < -0.4 is 0 Å². The van der Waals surface area contributed by atoms with E-state index in [1.165, 1.54) is 12.4 Å². The Hall–Kier alpha value is -1.41. The molecule has 0 aliphatic rings. The standard InChI is InChI=1S/C9H4ClF3N4S/c10-7-16-5(9(11,12)13)4-6(17-7)18-8-14-2-1-3-15-8/h1-4H. The van der Waals surface area contributed by atoms with E-state index in [2.05, 4.69) is 19.9 Å². The van der Waals surface area contributed by atoms with E-state index in [1.807, 2.05) is 0 Å². The maximum atomic E-state index is 12.5. The Morgan fingerprint density at radius 2 is 1.78 bits per heavy atom. The van der Waals surface area contributed by atoms with Gasteiger partial charge in [0.2, 0.25) is 5.28 Å². The number of rotatable bonds is 2. The quantitative estimate of drug-likeness (QED) is 0.629. The highest BCUT2D eigenvalue weighted by Gasteiger charge is 2.33. The summed E-state index contributed by atoms with van der Waals surface area (Å²) in [6.45, 7) is 0. The third-order valence-corrected chi connectivity index (χ3v) is 2.68. The summed E-state index contributed by atoms with van der Waals surface area (Å²) in [5.41, 5.74) is -1.10. The fourth-order valence-electron chi connectivity index (χ4n) is 1.03. The minimum Gasteiger partial charge on any atom is -0.231 e. The molecule has 0 N–H and O–H groups in total. The van der Waals surface area contributed by atoms with E-state index >= 15 is 0 Å². The van der Waals surface area contributed by atoms with Crippen molar-refractivity contribution in [3.63, 3.8) is 0 Å². The molecule has 9 heteroatoms. The summed E-state index contributed by atoms with van der Waals surface area (Å²) in [5, 5.41) is -0.155. The Labute approximate surface area is 109 Å². The number of nitrogens with zero attached hydrogens (tertiary/aromatic N) is 4. The predicted octanol–water partition coefficient (Wildman–Crippen LogP) is 3.09. The monoisotopic (exact) mass is 292 g/mol. The molecule has 0 saturated carbocycles. The first-order valence-electron chi connectivity index (χ1n) is 4.52. The number of halogens is 4. The van der Waals surface area contributed by atoms with Crippen LogP contribution in [0.25, 0.3) is 0 Å². The lowest BCUT2D eigenvalue weighted by Gasteiger charge is -2.07. The highest BCUT2D eigenvalue weighted by molar-refractivity contribution is 7.99. The van der Waals surface area contributed by atoms with Crippen LogP contribution in [-0.4, -0.2) is 19.9 Å². The van der Waals surface area contributed by atoms with Crippen molar-refractivity contribution < 1.29 is 13.2 Å². The summed E-state index contributed by atoms with van der Waals surface area (Å²) in [4.78, 5) is 14.5. The van der Waals surface area contributed by atoms with Gasteiger partial charge in [0.1, 0.15) is 5.03 Å². The first-order valence-corrected chi connectivity index (χ1v) is 5.71. The van der Waals surface area contributed by atoms with Crippen LogP contribution in [0.1, 0.15) is 5.69 Å². The molecular weight excluding hydrogens is 289 g/mol. The van der Waals surface area contributed by atoms with Crippen LogP contribution in [0.4, 0.5) is 13.2 Å². The van der Waals surface area contributed by atoms with E-state index in [0.29, 0.717) is 0 Å². The first kappa shape index (κ1) is 13.0. The molecule has 2 rings (SSSR count). The predicted molar refractivity (Wildman–Crippen MR) is 58.2 cm³/mol. The second-order valence-corrected chi connectivity index (χ2v) is 4.32. The first-order chi connectivity index (χ1) is 8.45. The Morgan fingerprint density at radius 1 is 1.11 bits per heavy atom. The molecule has 2 heterocycles. The molecule has 0 bridgehead atoms. The second kappa shape index (κ2) is 5.07. The van der Waals surface area contributed by atoms with E-state index in [4.69, 9.17) is 11.6 Å². The molecule has 0 amide bonds. The molecule has 0 saturated heterocycles. The lowest BCUT2D eigenvalue weighted by molar-refractivity contribution is -0.141. The van der Waals surface area contributed by atoms with Crippen molar-refractivity contribution in [1.29, 1.82) is 0 Å². The molecule has 18 heavy (non-hydrogen) atoms. The fraction of sp³-hybridized carbons (Fsp3) is 0.111. The molecule has 0 aliphatic heterocycles. The molecule has 4 nitrogen and oxygen atoms in total. The third kappa shape index (κ3) is 3.30. The zero-order valence-corrected chi connectivity index (χ0v) is 10.1. The van der Waals surface area contributed by atoms with Gasteiger partial charge in [-0.25, -0.2) is 19.9 Å². The summed E-state index contributed by atoms with van der Waals surface area (Å²) in [5.74, 6) is 0. The average molecular weight is 293 g/mol. The summed E-state index contributed by atoms with van der Waals surface area (Å²) in [6.07, 6.45) is -1.62. The van der Waals surface area contributed by atoms with E-state index in [9.17, 15) is 13.2 Å².